The number of halogens is 3. The van der Waals surface area contributed by atoms with Crippen molar-refractivity contribution in [3.8, 4) is 0 Å². The van der Waals surface area contributed by atoms with Gasteiger partial charge < -0.3 is 10.2 Å². The van der Waals surface area contributed by atoms with Crippen molar-refractivity contribution in [2.24, 2.45) is 0 Å². The topological polar surface area (TPSA) is 32.3 Å². The average Bonchev–Trinajstić information content (AvgIpc) is 3.05. The molecular formula is C22H29F3N2O. The maximum Gasteiger partial charge on any atom is 0.223 e. The quantitative estimate of drug-likeness (QED) is 0.517. The molecule has 1 aliphatic heterocycles. The van der Waals surface area contributed by atoms with Crippen LogP contribution in [0.25, 0.3) is 0 Å². The Hall–Kier alpha value is -2.50. The number of allylic oxidation sites excluding steroid dienone is 3. The number of nitrogens with zero attached hydrogens (tertiary/aromatic N) is 1. The molecule has 1 atom stereocenters. The summed E-state index contributed by atoms with van der Waals surface area (Å²) in [5, 5.41) is 3.24. The Bertz CT molecular complexity index is 733. The van der Waals surface area contributed by atoms with E-state index >= 15 is 0 Å². The van der Waals surface area contributed by atoms with Crippen molar-refractivity contribution in [3.63, 3.8) is 0 Å². The second kappa shape index (κ2) is 11.4. The van der Waals surface area contributed by atoms with Crippen molar-refractivity contribution in [1.29, 1.82) is 0 Å². The Morgan fingerprint density at radius 3 is 2.39 bits per heavy atom. The van der Waals surface area contributed by atoms with E-state index < -0.39 is 17.5 Å². The van der Waals surface area contributed by atoms with E-state index in [0.29, 0.717) is 18.7 Å². The standard InChI is InChI=1S/C20H23F3N2O.C2H6/c1-4-7-13(18(5-2)24-6-3)11-25-12-15(10-19(25)26)14-8-16(21)20(23)17(22)9-14;1-2/h4-5,7-9,15,24H,1,6,10-12H2,2-3H3;1-2H3/b13-7-,18-5+;. The Morgan fingerprint density at radius 1 is 1.29 bits per heavy atom. The van der Waals surface area contributed by atoms with Crippen LogP contribution < -0.4 is 5.32 Å². The van der Waals surface area contributed by atoms with Crippen molar-refractivity contribution in [1.82, 2.24) is 10.2 Å². The van der Waals surface area contributed by atoms with Crippen LogP contribution in [0.2, 0.25) is 0 Å². The van der Waals surface area contributed by atoms with E-state index in [2.05, 4.69) is 11.9 Å². The van der Waals surface area contributed by atoms with Crippen LogP contribution in [-0.2, 0) is 4.79 Å². The smallest absolute Gasteiger partial charge is 0.223 e. The normalized spacial score (nSPS) is 17.3. The van der Waals surface area contributed by atoms with E-state index in [4.69, 9.17) is 0 Å². The number of carbonyl (C=O) groups excluding carboxylic acids is 1. The first-order valence-corrected chi connectivity index (χ1v) is 9.55. The molecule has 6 heteroatoms. The minimum atomic E-state index is -1.49. The molecule has 1 N–H and O–H groups in total. The van der Waals surface area contributed by atoms with Gasteiger partial charge in [0.15, 0.2) is 17.5 Å². The largest absolute Gasteiger partial charge is 0.385 e. The Balaban J connectivity index is 0.00000190. The zero-order valence-corrected chi connectivity index (χ0v) is 17.0. The first kappa shape index (κ1) is 23.5. The molecule has 1 heterocycles. The summed E-state index contributed by atoms with van der Waals surface area (Å²) in [7, 11) is 0. The van der Waals surface area contributed by atoms with Crippen LogP contribution in [0.3, 0.4) is 0 Å². The molecule has 1 aromatic rings. The number of nitrogens with one attached hydrogen (secondary N) is 1. The Labute approximate surface area is 165 Å². The third kappa shape index (κ3) is 5.75. The molecule has 0 aromatic heterocycles. The van der Waals surface area contributed by atoms with Gasteiger partial charge in [-0.1, -0.05) is 38.7 Å². The fourth-order valence-corrected chi connectivity index (χ4v) is 3.13. The predicted octanol–water partition coefficient (Wildman–Crippen LogP) is 5.07. The molecule has 0 bridgehead atoms. The summed E-state index contributed by atoms with van der Waals surface area (Å²) in [6.07, 6.45) is 5.54. The molecule has 0 aliphatic carbocycles. The molecule has 1 aliphatic rings. The molecule has 28 heavy (non-hydrogen) atoms. The summed E-state index contributed by atoms with van der Waals surface area (Å²) in [4.78, 5) is 14.0. The molecular weight excluding hydrogens is 365 g/mol. The fraction of sp³-hybridized carbons (Fsp3) is 0.409. The summed E-state index contributed by atoms with van der Waals surface area (Å²) < 4.78 is 40.1. The highest BCUT2D eigenvalue weighted by atomic mass is 19.2. The van der Waals surface area contributed by atoms with Gasteiger partial charge in [-0.05, 0) is 37.1 Å². The number of hydrogen-bond acceptors (Lipinski definition) is 2. The molecule has 1 fully saturated rings. The van der Waals surface area contributed by atoms with Crippen LogP contribution in [0.4, 0.5) is 13.2 Å². The Kier molecular flexibility index (Phi) is 9.56. The maximum atomic E-state index is 13.5. The van der Waals surface area contributed by atoms with Crippen LogP contribution in [-0.4, -0.2) is 30.4 Å². The Morgan fingerprint density at radius 2 is 1.89 bits per heavy atom. The summed E-state index contributed by atoms with van der Waals surface area (Å²) >= 11 is 0. The number of likely N-dealkylation sites (N-methyl/N-ethyl adjacent to an activating group) is 1. The van der Waals surface area contributed by atoms with E-state index in [1.54, 1.807) is 11.0 Å². The molecule has 0 saturated carbocycles. The van der Waals surface area contributed by atoms with Gasteiger partial charge >= 0.3 is 0 Å². The SMILES string of the molecule is C=C/C=C(CN1CC(c2cc(F)c(F)c(F)c2)CC1=O)\C(=C/C)NCC.CC. The third-order valence-corrected chi connectivity index (χ3v) is 4.37. The summed E-state index contributed by atoms with van der Waals surface area (Å²) in [5.74, 6) is -4.44. The molecule has 1 unspecified atom stereocenters. The van der Waals surface area contributed by atoms with Gasteiger partial charge in [0.25, 0.3) is 0 Å². The van der Waals surface area contributed by atoms with Crippen LogP contribution in [0.15, 0.2) is 48.2 Å². The van der Waals surface area contributed by atoms with E-state index in [0.717, 1.165) is 29.9 Å². The number of hydrogen-bond donors (Lipinski definition) is 1. The number of rotatable bonds is 7. The van der Waals surface area contributed by atoms with Crippen molar-refractivity contribution in [2.45, 2.75) is 40.0 Å². The lowest BCUT2D eigenvalue weighted by Gasteiger charge is -2.21. The molecule has 3 nitrogen and oxygen atoms in total. The number of likely N-dealkylation sites (tertiary alicyclic amines) is 1. The molecule has 154 valence electrons. The third-order valence-electron chi connectivity index (χ3n) is 4.37. The van der Waals surface area contributed by atoms with Crippen LogP contribution in [0, 0.1) is 17.5 Å². The van der Waals surface area contributed by atoms with Gasteiger partial charge in [0.2, 0.25) is 5.91 Å². The zero-order chi connectivity index (χ0) is 21.3. The van der Waals surface area contributed by atoms with E-state index in [-0.39, 0.29) is 18.2 Å². The summed E-state index contributed by atoms with van der Waals surface area (Å²) in [6, 6.07) is 1.94. The predicted molar refractivity (Wildman–Crippen MR) is 107 cm³/mol. The van der Waals surface area contributed by atoms with Crippen LogP contribution >= 0.6 is 0 Å². The maximum absolute atomic E-state index is 13.5. The van der Waals surface area contributed by atoms with Crippen molar-refractivity contribution >= 4 is 5.91 Å². The first-order chi connectivity index (χ1) is 13.4. The van der Waals surface area contributed by atoms with Gasteiger partial charge in [-0.25, -0.2) is 13.2 Å². The molecule has 1 aromatic carbocycles. The van der Waals surface area contributed by atoms with Gasteiger partial charge in [-0.15, -0.1) is 0 Å². The summed E-state index contributed by atoms with van der Waals surface area (Å²) in [5.41, 5.74) is 2.10. The first-order valence-electron chi connectivity index (χ1n) is 9.55. The lowest BCUT2D eigenvalue weighted by molar-refractivity contribution is -0.127. The average molecular weight is 394 g/mol. The molecule has 2 rings (SSSR count). The van der Waals surface area contributed by atoms with Crippen LogP contribution in [0.1, 0.15) is 45.6 Å². The van der Waals surface area contributed by atoms with E-state index in [1.807, 2.05) is 39.8 Å². The van der Waals surface area contributed by atoms with Crippen LogP contribution in [0.5, 0.6) is 0 Å². The van der Waals surface area contributed by atoms with Gasteiger partial charge in [0.05, 0.1) is 0 Å². The molecule has 1 saturated heterocycles. The molecule has 1 amide bonds. The zero-order valence-electron chi connectivity index (χ0n) is 17.0. The van der Waals surface area contributed by atoms with Gasteiger partial charge in [-0.2, -0.15) is 0 Å². The minimum absolute atomic E-state index is 0.109. The van der Waals surface area contributed by atoms with Crippen molar-refractivity contribution in [3.05, 3.63) is 71.2 Å². The monoisotopic (exact) mass is 394 g/mol. The van der Waals surface area contributed by atoms with Crippen molar-refractivity contribution < 1.29 is 18.0 Å². The summed E-state index contributed by atoms with van der Waals surface area (Å²) in [6.45, 7) is 13.0. The number of benzene rings is 1. The second-order valence-electron chi connectivity index (χ2n) is 6.13. The molecule has 0 spiro atoms. The molecule has 0 radical (unpaired) electrons. The van der Waals surface area contributed by atoms with Gasteiger partial charge in [0.1, 0.15) is 0 Å². The number of amides is 1. The number of carbonyl (C=O) groups is 1. The van der Waals surface area contributed by atoms with Crippen molar-refractivity contribution in [2.75, 3.05) is 19.6 Å². The minimum Gasteiger partial charge on any atom is -0.385 e. The van der Waals surface area contributed by atoms with Gasteiger partial charge in [-0.3, -0.25) is 4.79 Å². The highest BCUT2D eigenvalue weighted by molar-refractivity contribution is 5.80. The second-order valence-corrected chi connectivity index (χ2v) is 6.13. The van der Waals surface area contributed by atoms with Gasteiger partial charge in [0, 0.05) is 37.7 Å². The highest BCUT2D eigenvalue weighted by Crippen LogP contribution is 2.31. The highest BCUT2D eigenvalue weighted by Gasteiger charge is 2.32. The lowest BCUT2D eigenvalue weighted by Crippen LogP contribution is -2.30. The fourth-order valence-electron chi connectivity index (χ4n) is 3.13. The van der Waals surface area contributed by atoms with E-state index in [9.17, 15) is 18.0 Å². The lowest BCUT2D eigenvalue weighted by atomic mass is 9.98. The van der Waals surface area contributed by atoms with E-state index in [1.165, 1.54) is 0 Å².